The van der Waals surface area contributed by atoms with E-state index in [2.05, 4.69) is 27.6 Å². The van der Waals surface area contributed by atoms with Gasteiger partial charge in [-0.2, -0.15) is 0 Å². The Labute approximate surface area is 123 Å². The average molecular weight is 292 g/mol. The van der Waals surface area contributed by atoms with Crippen LogP contribution in [0.2, 0.25) is 5.02 Å². The summed E-state index contributed by atoms with van der Waals surface area (Å²) in [6.45, 7) is 4.08. The number of aryl methyl sites for hydroxylation is 2. The van der Waals surface area contributed by atoms with Gasteiger partial charge in [0.05, 0.1) is 10.7 Å². The third-order valence-corrected chi connectivity index (χ3v) is 3.09. The van der Waals surface area contributed by atoms with E-state index in [1.165, 1.54) is 0 Å². The lowest BCUT2D eigenvalue weighted by Crippen LogP contribution is -2.11. The van der Waals surface area contributed by atoms with Crippen molar-refractivity contribution in [2.24, 2.45) is 5.84 Å². The van der Waals surface area contributed by atoms with Crippen molar-refractivity contribution in [3.63, 3.8) is 0 Å². The predicted molar refractivity (Wildman–Crippen MR) is 83.3 cm³/mol. The second-order valence-electron chi connectivity index (χ2n) is 4.56. The van der Waals surface area contributed by atoms with Crippen LogP contribution < -0.4 is 16.6 Å². The summed E-state index contributed by atoms with van der Waals surface area (Å²) in [5.41, 5.74) is 4.47. The third-order valence-electron chi connectivity index (χ3n) is 2.78. The van der Waals surface area contributed by atoms with Crippen molar-refractivity contribution in [3.05, 3.63) is 40.7 Å². The first-order valence-electron chi connectivity index (χ1n) is 6.50. The lowest BCUT2D eigenvalue weighted by Gasteiger charge is -2.11. The molecule has 106 valence electrons. The van der Waals surface area contributed by atoms with E-state index in [0.717, 1.165) is 29.9 Å². The van der Waals surface area contributed by atoms with Crippen molar-refractivity contribution in [1.29, 1.82) is 0 Å². The Morgan fingerprint density at radius 1 is 1.20 bits per heavy atom. The molecule has 0 radical (unpaired) electrons. The third kappa shape index (κ3) is 3.59. The highest BCUT2D eigenvalue weighted by molar-refractivity contribution is 6.33. The van der Waals surface area contributed by atoms with E-state index in [9.17, 15) is 0 Å². The Hall–Kier alpha value is -1.85. The van der Waals surface area contributed by atoms with Crippen molar-refractivity contribution in [2.75, 3.05) is 10.7 Å². The molecule has 0 fully saturated rings. The van der Waals surface area contributed by atoms with Crippen molar-refractivity contribution in [1.82, 2.24) is 9.97 Å². The number of nitrogens with one attached hydrogen (secondary N) is 2. The van der Waals surface area contributed by atoms with Gasteiger partial charge < -0.3 is 10.7 Å². The molecule has 1 heterocycles. The molecule has 4 N–H and O–H groups in total. The Morgan fingerprint density at radius 3 is 2.60 bits per heavy atom. The molecule has 0 aliphatic rings. The highest BCUT2D eigenvalue weighted by Gasteiger charge is 2.06. The number of nitrogens with two attached hydrogens (primary N) is 1. The lowest BCUT2D eigenvalue weighted by molar-refractivity contribution is 0.837. The summed E-state index contributed by atoms with van der Waals surface area (Å²) in [6.07, 6.45) is 1.77. The van der Waals surface area contributed by atoms with Gasteiger partial charge in [-0.05, 0) is 31.0 Å². The normalized spacial score (nSPS) is 10.4. The van der Waals surface area contributed by atoms with Crippen LogP contribution in [0.1, 0.15) is 24.7 Å². The van der Waals surface area contributed by atoms with Crippen LogP contribution in [0.5, 0.6) is 0 Å². The maximum absolute atomic E-state index is 6.21. The van der Waals surface area contributed by atoms with E-state index in [1.807, 2.05) is 25.1 Å². The molecular weight excluding hydrogens is 274 g/mol. The monoisotopic (exact) mass is 291 g/mol. The summed E-state index contributed by atoms with van der Waals surface area (Å²) in [6, 6.07) is 7.56. The van der Waals surface area contributed by atoms with Gasteiger partial charge in [-0.3, -0.25) is 0 Å². The Kier molecular flexibility index (Phi) is 4.76. The number of hydrogen-bond acceptors (Lipinski definition) is 5. The molecule has 20 heavy (non-hydrogen) atoms. The number of halogens is 1. The van der Waals surface area contributed by atoms with Gasteiger partial charge in [0, 0.05) is 12.5 Å². The second-order valence-corrected chi connectivity index (χ2v) is 4.96. The number of rotatable bonds is 5. The van der Waals surface area contributed by atoms with Crippen LogP contribution in [0.4, 0.5) is 17.3 Å². The quantitative estimate of drug-likeness (QED) is 0.581. The van der Waals surface area contributed by atoms with Crippen LogP contribution in [-0.2, 0) is 6.42 Å². The molecule has 5 nitrogen and oxygen atoms in total. The van der Waals surface area contributed by atoms with Crippen LogP contribution in [0, 0.1) is 6.92 Å². The van der Waals surface area contributed by atoms with E-state index < -0.39 is 0 Å². The molecule has 0 aliphatic carbocycles. The summed E-state index contributed by atoms with van der Waals surface area (Å²) in [5, 5.41) is 3.85. The van der Waals surface area contributed by atoms with Gasteiger partial charge >= 0.3 is 0 Å². The lowest BCUT2D eigenvalue weighted by atomic mass is 10.2. The minimum atomic E-state index is 0.578. The van der Waals surface area contributed by atoms with E-state index in [4.69, 9.17) is 17.4 Å². The van der Waals surface area contributed by atoms with Gasteiger partial charge in [0.1, 0.15) is 17.5 Å². The Bertz CT molecular complexity index is 600. The smallest absolute Gasteiger partial charge is 0.145 e. The highest BCUT2D eigenvalue weighted by Crippen LogP contribution is 2.26. The summed E-state index contributed by atoms with van der Waals surface area (Å²) < 4.78 is 0. The molecule has 2 aromatic rings. The molecule has 0 unspecified atom stereocenters. The highest BCUT2D eigenvalue weighted by atomic mass is 35.5. The van der Waals surface area contributed by atoms with Crippen LogP contribution in [-0.4, -0.2) is 9.97 Å². The predicted octanol–water partition coefficient (Wildman–Crippen LogP) is 3.42. The number of benzene rings is 1. The van der Waals surface area contributed by atoms with Gasteiger partial charge in [-0.15, -0.1) is 0 Å². The molecular formula is C14H18ClN5. The summed E-state index contributed by atoms with van der Waals surface area (Å²) in [5.74, 6) is 7.42. The summed E-state index contributed by atoms with van der Waals surface area (Å²) in [4.78, 5) is 8.75. The summed E-state index contributed by atoms with van der Waals surface area (Å²) in [7, 11) is 0. The number of hydrogen-bond donors (Lipinski definition) is 3. The number of hydrazine groups is 1. The van der Waals surface area contributed by atoms with E-state index in [-0.39, 0.29) is 0 Å². The van der Waals surface area contributed by atoms with Crippen LogP contribution in [0.15, 0.2) is 24.3 Å². The summed E-state index contributed by atoms with van der Waals surface area (Å²) >= 11 is 6.21. The molecule has 6 heteroatoms. The maximum atomic E-state index is 6.21. The zero-order valence-electron chi connectivity index (χ0n) is 11.6. The molecule has 0 saturated heterocycles. The Balaban J connectivity index is 2.29. The van der Waals surface area contributed by atoms with E-state index in [1.54, 1.807) is 6.07 Å². The first kappa shape index (κ1) is 14.6. The second kappa shape index (κ2) is 6.54. The molecule has 0 atom stereocenters. The van der Waals surface area contributed by atoms with Crippen molar-refractivity contribution in [2.45, 2.75) is 26.7 Å². The van der Waals surface area contributed by atoms with Crippen molar-refractivity contribution < 1.29 is 0 Å². The molecule has 0 bridgehead atoms. The maximum Gasteiger partial charge on any atom is 0.145 e. The zero-order valence-corrected chi connectivity index (χ0v) is 12.3. The van der Waals surface area contributed by atoms with Gasteiger partial charge in [0.25, 0.3) is 0 Å². The van der Waals surface area contributed by atoms with Crippen molar-refractivity contribution in [3.8, 4) is 0 Å². The molecule has 0 saturated carbocycles. The fourth-order valence-corrected chi connectivity index (χ4v) is 2.11. The fourth-order valence-electron chi connectivity index (χ4n) is 1.83. The number of aromatic nitrogens is 2. The molecule has 0 amide bonds. The molecule has 2 rings (SSSR count). The van der Waals surface area contributed by atoms with Crippen LogP contribution >= 0.6 is 11.6 Å². The molecule has 1 aromatic carbocycles. The van der Waals surface area contributed by atoms with Crippen LogP contribution in [0.3, 0.4) is 0 Å². The number of anilines is 3. The minimum absolute atomic E-state index is 0.578. The van der Waals surface area contributed by atoms with E-state index in [0.29, 0.717) is 16.7 Å². The SMILES string of the molecule is CCCc1nc(NN)cc(Nc2ccc(C)cc2Cl)n1. The van der Waals surface area contributed by atoms with Gasteiger partial charge in [0.15, 0.2) is 0 Å². The first-order chi connectivity index (χ1) is 9.62. The fraction of sp³-hybridized carbons (Fsp3) is 0.286. The topological polar surface area (TPSA) is 75.9 Å². The zero-order chi connectivity index (χ0) is 14.5. The molecule has 0 aliphatic heterocycles. The molecule has 0 spiro atoms. The minimum Gasteiger partial charge on any atom is -0.339 e. The standard InChI is InChI=1S/C14H18ClN5/c1-3-4-12-18-13(8-14(19-12)20-16)17-11-6-5-9(2)7-10(11)15/h5-8H,3-4,16H2,1-2H3,(H2,17,18,19,20). The van der Waals surface area contributed by atoms with Crippen molar-refractivity contribution >= 4 is 28.9 Å². The van der Waals surface area contributed by atoms with E-state index >= 15 is 0 Å². The number of nitrogen functional groups attached to an aromatic ring is 1. The van der Waals surface area contributed by atoms with Crippen LogP contribution in [0.25, 0.3) is 0 Å². The average Bonchev–Trinajstić information content (AvgIpc) is 2.42. The van der Waals surface area contributed by atoms with Gasteiger partial charge in [0.2, 0.25) is 0 Å². The molecule has 1 aromatic heterocycles. The van der Waals surface area contributed by atoms with Gasteiger partial charge in [-0.1, -0.05) is 24.6 Å². The van der Waals surface area contributed by atoms with Gasteiger partial charge in [-0.25, -0.2) is 15.8 Å². The number of nitrogens with zero attached hydrogens (tertiary/aromatic N) is 2. The Morgan fingerprint density at radius 2 is 1.95 bits per heavy atom. The largest absolute Gasteiger partial charge is 0.339 e. The first-order valence-corrected chi connectivity index (χ1v) is 6.88.